The zero-order valence-electron chi connectivity index (χ0n) is 30.2. The molecule has 5 nitrogen and oxygen atoms in total. The highest BCUT2D eigenvalue weighted by Gasteiger charge is 2.27. The second-order valence-electron chi connectivity index (χ2n) is 15.0. The number of pyridine rings is 1. The van der Waals surface area contributed by atoms with E-state index in [4.69, 9.17) is 4.52 Å². The molecule has 6 heteroatoms. The Morgan fingerprint density at radius 1 is 0.917 bits per heavy atom. The van der Waals surface area contributed by atoms with E-state index in [1.807, 2.05) is 0 Å². The van der Waals surface area contributed by atoms with Gasteiger partial charge in [0.1, 0.15) is 5.82 Å². The molecule has 1 fully saturated rings. The average Bonchev–Trinajstić information content (AvgIpc) is 3.50. The van der Waals surface area contributed by atoms with Crippen molar-refractivity contribution < 1.29 is 8.91 Å². The topological polar surface area (TPSA) is 51.3 Å². The van der Waals surface area contributed by atoms with Crippen molar-refractivity contribution in [3.05, 3.63) is 75.1 Å². The van der Waals surface area contributed by atoms with Gasteiger partial charge in [0.15, 0.2) is 5.58 Å². The molecule has 48 heavy (non-hydrogen) atoms. The summed E-state index contributed by atoms with van der Waals surface area (Å²) in [5.41, 5.74) is 6.44. The molecule has 4 heterocycles. The van der Waals surface area contributed by atoms with Crippen LogP contribution < -0.4 is 5.56 Å². The van der Waals surface area contributed by atoms with Gasteiger partial charge in [-0.1, -0.05) is 101 Å². The zero-order chi connectivity index (χ0) is 33.7. The number of rotatable bonds is 20. The van der Waals surface area contributed by atoms with Gasteiger partial charge < -0.3 is 14.0 Å². The van der Waals surface area contributed by atoms with E-state index < -0.39 is 0 Å². The number of hydrogen-bond donors (Lipinski definition) is 0. The van der Waals surface area contributed by atoms with Gasteiger partial charge in [-0.3, -0.25) is 4.79 Å². The normalized spacial score (nSPS) is 17.3. The lowest BCUT2D eigenvalue weighted by Gasteiger charge is -2.32. The Hall–Kier alpha value is -2.73. The summed E-state index contributed by atoms with van der Waals surface area (Å²) >= 11 is 0. The predicted octanol–water partition coefficient (Wildman–Crippen LogP) is 11.2. The van der Waals surface area contributed by atoms with Crippen molar-refractivity contribution in [3.63, 3.8) is 0 Å². The van der Waals surface area contributed by atoms with E-state index in [1.54, 1.807) is 6.07 Å². The van der Waals surface area contributed by atoms with Crippen LogP contribution in [0.15, 0.2) is 45.7 Å². The molecule has 0 amide bonds. The number of hydrogen-bond acceptors (Lipinski definition) is 4. The summed E-state index contributed by atoms with van der Waals surface area (Å²) < 4.78 is 21.1. The summed E-state index contributed by atoms with van der Waals surface area (Å²) in [7, 11) is 0. The van der Waals surface area contributed by atoms with Crippen molar-refractivity contribution in [3.8, 4) is 0 Å². The third kappa shape index (κ3) is 10.2. The van der Waals surface area contributed by atoms with Crippen LogP contribution in [0.1, 0.15) is 163 Å². The Balaban J connectivity index is 1.02. The molecule has 1 atom stereocenters. The first kappa shape index (κ1) is 36.5. The monoisotopic (exact) mass is 659 g/mol. The first-order chi connectivity index (χ1) is 23.4. The van der Waals surface area contributed by atoms with Crippen molar-refractivity contribution in [2.75, 3.05) is 19.6 Å². The smallest absolute Gasteiger partial charge is 0.254 e. The fraction of sp³-hybridized carbons (Fsp3) is 0.667. The van der Waals surface area contributed by atoms with Crippen molar-refractivity contribution in [2.45, 2.75) is 161 Å². The molecule has 0 spiro atoms. The van der Waals surface area contributed by atoms with E-state index in [0.717, 1.165) is 93.3 Å². The molecular weight excluding hydrogens is 597 g/mol. The van der Waals surface area contributed by atoms with Crippen LogP contribution in [0.2, 0.25) is 0 Å². The third-order valence-corrected chi connectivity index (χ3v) is 11.3. The SMILES string of the molecule is C=C(CCCCCCCCCCCCCCC)CC1CCCn2c1cc(C)c(CCN1CCC(c3noc4cc(F)ccc34)CC1)c2=O. The van der Waals surface area contributed by atoms with Crippen LogP contribution >= 0.6 is 0 Å². The molecule has 5 rings (SSSR count). The molecule has 0 N–H and O–H groups in total. The largest absolute Gasteiger partial charge is 0.356 e. The van der Waals surface area contributed by atoms with Crippen LogP contribution in [-0.4, -0.2) is 34.3 Å². The maximum Gasteiger partial charge on any atom is 0.254 e. The highest BCUT2D eigenvalue weighted by Crippen LogP contribution is 2.35. The zero-order valence-corrected chi connectivity index (χ0v) is 30.2. The van der Waals surface area contributed by atoms with Crippen LogP contribution in [0.5, 0.6) is 0 Å². The molecule has 0 bridgehead atoms. The summed E-state index contributed by atoms with van der Waals surface area (Å²) in [4.78, 5) is 16.3. The summed E-state index contributed by atoms with van der Waals surface area (Å²) in [5, 5.41) is 5.23. The van der Waals surface area contributed by atoms with Crippen LogP contribution in [0, 0.1) is 12.7 Å². The lowest BCUT2D eigenvalue weighted by molar-refractivity contribution is 0.211. The molecule has 1 unspecified atom stereocenters. The van der Waals surface area contributed by atoms with Crippen molar-refractivity contribution in [1.29, 1.82) is 0 Å². The molecule has 3 aromatic rings. The van der Waals surface area contributed by atoms with Gasteiger partial charge in [-0.05, 0) is 95.1 Å². The highest BCUT2D eigenvalue weighted by molar-refractivity contribution is 5.79. The Labute approximate surface area is 289 Å². The van der Waals surface area contributed by atoms with Crippen LogP contribution in [0.25, 0.3) is 11.0 Å². The van der Waals surface area contributed by atoms with E-state index in [1.165, 1.54) is 107 Å². The molecule has 1 aromatic carbocycles. The second-order valence-corrected chi connectivity index (χ2v) is 15.0. The minimum absolute atomic E-state index is 0.230. The van der Waals surface area contributed by atoms with Gasteiger partial charge in [-0.2, -0.15) is 0 Å². The fourth-order valence-electron chi connectivity index (χ4n) is 8.33. The van der Waals surface area contributed by atoms with E-state index in [9.17, 15) is 9.18 Å². The van der Waals surface area contributed by atoms with Gasteiger partial charge in [-0.15, -0.1) is 0 Å². The molecule has 0 radical (unpaired) electrons. The number of halogens is 1. The minimum atomic E-state index is -0.297. The number of fused-ring (bicyclic) bond motifs is 2. The first-order valence-electron chi connectivity index (χ1n) is 19.6. The summed E-state index contributed by atoms with van der Waals surface area (Å²) in [6.45, 7) is 12.6. The third-order valence-electron chi connectivity index (χ3n) is 11.3. The lowest BCUT2D eigenvalue weighted by Crippen LogP contribution is -2.37. The number of benzene rings is 1. The number of nitrogens with zero attached hydrogens (tertiary/aromatic N) is 3. The molecule has 264 valence electrons. The van der Waals surface area contributed by atoms with E-state index in [0.29, 0.717) is 17.4 Å². The number of allylic oxidation sites excluding steroid dienone is 1. The van der Waals surface area contributed by atoms with Gasteiger partial charge in [-0.25, -0.2) is 4.39 Å². The predicted molar refractivity (Wildman–Crippen MR) is 198 cm³/mol. The maximum atomic E-state index is 13.8. The van der Waals surface area contributed by atoms with Crippen LogP contribution in [0.3, 0.4) is 0 Å². The molecule has 0 saturated carbocycles. The minimum Gasteiger partial charge on any atom is -0.356 e. The Kier molecular flexibility index (Phi) is 14.4. The molecule has 0 aliphatic carbocycles. The molecule has 2 aliphatic heterocycles. The fourth-order valence-corrected chi connectivity index (χ4v) is 8.33. The molecule has 2 aliphatic rings. The van der Waals surface area contributed by atoms with Crippen molar-refractivity contribution in [1.82, 2.24) is 14.6 Å². The van der Waals surface area contributed by atoms with Gasteiger partial charge in [0.05, 0.1) is 5.69 Å². The van der Waals surface area contributed by atoms with Crippen molar-refractivity contribution >= 4 is 11.0 Å². The molecule has 1 saturated heterocycles. The Morgan fingerprint density at radius 3 is 2.27 bits per heavy atom. The summed E-state index contributed by atoms with van der Waals surface area (Å²) in [6.07, 6.45) is 25.1. The second kappa shape index (κ2) is 18.9. The molecular formula is C42H62FN3O2. The molecule has 2 aromatic heterocycles. The first-order valence-corrected chi connectivity index (χ1v) is 19.6. The number of aryl methyl sites for hydroxylation is 1. The number of unbranched alkanes of at least 4 members (excludes halogenated alkanes) is 12. The standard InChI is InChI=1S/C42H62FN3O2/c1-4-5-6-7-8-9-10-11-12-13-14-15-16-18-32(2)29-35-19-17-25-46-39(35)30-33(3)37(42(46)47)24-28-45-26-22-34(23-27-45)41-38-21-20-36(43)31-40(38)48-44-41/h20-21,30-31,34-35H,2,4-19,22-29H2,1,3H3. The summed E-state index contributed by atoms with van der Waals surface area (Å²) in [6, 6.07) is 7.01. The number of aromatic nitrogens is 2. The van der Waals surface area contributed by atoms with Crippen molar-refractivity contribution in [2.24, 2.45) is 0 Å². The van der Waals surface area contributed by atoms with Crippen LogP contribution in [0.4, 0.5) is 4.39 Å². The average molecular weight is 660 g/mol. The van der Waals surface area contributed by atoms with Gasteiger partial charge in [0, 0.05) is 47.6 Å². The van der Waals surface area contributed by atoms with Gasteiger partial charge in [0.25, 0.3) is 5.56 Å². The maximum absolute atomic E-state index is 13.8. The van der Waals surface area contributed by atoms with Gasteiger partial charge >= 0.3 is 0 Å². The number of likely N-dealkylation sites (tertiary alicyclic amines) is 1. The lowest BCUT2D eigenvalue weighted by atomic mass is 9.86. The van der Waals surface area contributed by atoms with E-state index >= 15 is 0 Å². The quantitative estimate of drug-likeness (QED) is 0.0895. The van der Waals surface area contributed by atoms with E-state index in [2.05, 4.69) is 41.1 Å². The highest BCUT2D eigenvalue weighted by atomic mass is 19.1. The summed E-state index contributed by atoms with van der Waals surface area (Å²) in [5.74, 6) is 0.437. The van der Waals surface area contributed by atoms with E-state index in [-0.39, 0.29) is 11.4 Å². The Bertz CT molecular complexity index is 1500. The van der Waals surface area contributed by atoms with Crippen LogP contribution in [-0.2, 0) is 13.0 Å². The van der Waals surface area contributed by atoms with Gasteiger partial charge in [0.2, 0.25) is 0 Å². The Morgan fingerprint density at radius 2 is 1.58 bits per heavy atom. The number of piperidine rings is 1.